The standard InChI is InChI=1S/C17H13BrFNO2/c18-14-3-1-2-12-13(8-9-15(21)22)16(20-17(12)14)10-4-6-11(19)7-5-10/h1-7,20H,8-9H2,(H,21,22). The number of fused-ring (bicyclic) bond motifs is 1. The highest BCUT2D eigenvalue weighted by atomic mass is 79.9. The summed E-state index contributed by atoms with van der Waals surface area (Å²) in [6.07, 6.45) is 0.464. The summed E-state index contributed by atoms with van der Waals surface area (Å²) in [7, 11) is 0. The van der Waals surface area contributed by atoms with Crippen LogP contribution in [0, 0.1) is 5.82 Å². The lowest BCUT2D eigenvalue weighted by Gasteiger charge is -2.04. The fourth-order valence-corrected chi connectivity index (χ4v) is 3.06. The summed E-state index contributed by atoms with van der Waals surface area (Å²) >= 11 is 3.50. The van der Waals surface area contributed by atoms with Gasteiger partial charge in [0, 0.05) is 22.0 Å². The molecule has 0 saturated carbocycles. The van der Waals surface area contributed by atoms with Crippen molar-refractivity contribution in [2.75, 3.05) is 0 Å². The maximum absolute atomic E-state index is 13.1. The third kappa shape index (κ3) is 2.76. The lowest BCUT2D eigenvalue weighted by atomic mass is 10.0. The van der Waals surface area contributed by atoms with Crippen LogP contribution in [0.3, 0.4) is 0 Å². The minimum absolute atomic E-state index is 0.0493. The molecule has 0 radical (unpaired) electrons. The molecule has 3 rings (SSSR count). The van der Waals surface area contributed by atoms with Crippen LogP contribution in [0.4, 0.5) is 4.39 Å². The van der Waals surface area contributed by atoms with Crippen molar-refractivity contribution in [3.05, 3.63) is 58.3 Å². The number of hydrogen-bond donors (Lipinski definition) is 2. The Morgan fingerprint density at radius 3 is 2.59 bits per heavy atom. The normalized spacial score (nSPS) is 11.0. The molecule has 0 aliphatic carbocycles. The summed E-state index contributed by atoms with van der Waals surface area (Å²) in [5.41, 5.74) is 3.53. The van der Waals surface area contributed by atoms with Crippen LogP contribution in [0.5, 0.6) is 0 Å². The predicted octanol–water partition coefficient (Wildman–Crippen LogP) is 4.75. The van der Waals surface area contributed by atoms with Gasteiger partial charge in [-0.15, -0.1) is 0 Å². The van der Waals surface area contributed by atoms with Crippen LogP contribution in [0.25, 0.3) is 22.2 Å². The molecule has 3 aromatic rings. The van der Waals surface area contributed by atoms with Crippen LogP contribution in [0.2, 0.25) is 0 Å². The van der Waals surface area contributed by atoms with Gasteiger partial charge in [-0.25, -0.2) is 4.39 Å². The summed E-state index contributed by atoms with van der Waals surface area (Å²) in [6.45, 7) is 0. The van der Waals surface area contributed by atoms with Crippen molar-refractivity contribution in [2.45, 2.75) is 12.8 Å². The molecule has 2 N–H and O–H groups in total. The molecule has 1 aromatic heterocycles. The highest BCUT2D eigenvalue weighted by Crippen LogP contribution is 2.34. The van der Waals surface area contributed by atoms with E-state index < -0.39 is 5.97 Å². The summed E-state index contributed by atoms with van der Waals surface area (Å²) in [6, 6.07) is 12.0. The number of aromatic amines is 1. The van der Waals surface area contributed by atoms with Gasteiger partial charge in [0.05, 0.1) is 5.52 Å². The molecule has 2 aromatic carbocycles. The van der Waals surface area contributed by atoms with Crippen molar-refractivity contribution in [3.63, 3.8) is 0 Å². The van der Waals surface area contributed by atoms with E-state index in [1.54, 1.807) is 12.1 Å². The Hall–Kier alpha value is -2.14. The quantitative estimate of drug-likeness (QED) is 0.704. The number of rotatable bonds is 4. The average Bonchev–Trinajstić information content (AvgIpc) is 2.86. The lowest BCUT2D eigenvalue weighted by Crippen LogP contribution is -1.98. The number of carboxylic acid groups (broad SMARTS) is 1. The molecular formula is C17H13BrFNO2. The molecule has 0 bridgehead atoms. The molecule has 112 valence electrons. The minimum Gasteiger partial charge on any atom is -0.481 e. The number of aromatic nitrogens is 1. The Balaban J connectivity index is 2.18. The van der Waals surface area contributed by atoms with E-state index >= 15 is 0 Å². The Bertz CT molecular complexity index is 840. The number of H-pyrrole nitrogens is 1. The van der Waals surface area contributed by atoms with Crippen LogP contribution in [0.1, 0.15) is 12.0 Å². The van der Waals surface area contributed by atoms with Crippen LogP contribution < -0.4 is 0 Å². The van der Waals surface area contributed by atoms with Gasteiger partial charge in [-0.1, -0.05) is 12.1 Å². The minimum atomic E-state index is -0.839. The number of carbonyl (C=O) groups is 1. The second kappa shape index (κ2) is 5.93. The summed E-state index contributed by atoms with van der Waals surface area (Å²) < 4.78 is 14.0. The van der Waals surface area contributed by atoms with Gasteiger partial charge in [-0.3, -0.25) is 4.79 Å². The first-order chi connectivity index (χ1) is 10.6. The van der Waals surface area contributed by atoms with Gasteiger partial charge in [0.25, 0.3) is 0 Å². The van der Waals surface area contributed by atoms with Crippen molar-refractivity contribution in [1.82, 2.24) is 4.98 Å². The van der Waals surface area contributed by atoms with Crippen LogP contribution in [0.15, 0.2) is 46.9 Å². The maximum Gasteiger partial charge on any atom is 0.303 e. The Labute approximate surface area is 134 Å². The van der Waals surface area contributed by atoms with Crippen LogP contribution >= 0.6 is 15.9 Å². The second-order valence-corrected chi connectivity index (χ2v) is 5.90. The van der Waals surface area contributed by atoms with E-state index in [2.05, 4.69) is 20.9 Å². The van der Waals surface area contributed by atoms with Gasteiger partial charge >= 0.3 is 5.97 Å². The highest BCUT2D eigenvalue weighted by molar-refractivity contribution is 9.10. The SMILES string of the molecule is O=C(O)CCc1c(-c2ccc(F)cc2)[nH]c2c(Br)cccc12. The summed E-state index contributed by atoms with van der Waals surface area (Å²) in [5.74, 6) is -1.14. The monoisotopic (exact) mass is 361 g/mol. The molecule has 0 saturated heterocycles. The number of para-hydroxylation sites is 1. The van der Waals surface area contributed by atoms with Crippen molar-refractivity contribution < 1.29 is 14.3 Å². The predicted molar refractivity (Wildman–Crippen MR) is 87.3 cm³/mol. The third-order valence-electron chi connectivity index (χ3n) is 3.61. The molecule has 0 aliphatic rings. The largest absolute Gasteiger partial charge is 0.481 e. The summed E-state index contributed by atoms with van der Waals surface area (Å²) in [5, 5.41) is 9.95. The molecule has 0 amide bonds. The van der Waals surface area contributed by atoms with Crippen LogP contribution in [-0.2, 0) is 11.2 Å². The molecule has 22 heavy (non-hydrogen) atoms. The Morgan fingerprint density at radius 2 is 1.91 bits per heavy atom. The van der Waals surface area contributed by atoms with E-state index in [1.165, 1.54) is 12.1 Å². The highest BCUT2D eigenvalue weighted by Gasteiger charge is 2.15. The van der Waals surface area contributed by atoms with E-state index in [0.717, 1.165) is 32.2 Å². The Kier molecular flexibility index (Phi) is 3.98. The number of hydrogen-bond acceptors (Lipinski definition) is 1. The van der Waals surface area contributed by atoms with Crippen molar-refractivity contribution in [2.24, 2.45) is 0 Å². The van der Waals surface area contributed by atoms with Crippen LogP contribution in [-0.4, -0.2) is 16.1 Å². The van der Waals surface area contributed by atoms with Gasteiger partial charge in [0.1, 0.15) is 5.82 Å². The van der Waals surface area contributed by atoms with Crippen molar-refractivity contribution in [1.29, 1.82) is 0 Å². The smallest absolute Gasteiger partial charge is 0.303 e. The molecule has 1 heterocycles. The van der Waals surface area contributed by atoms with E-state index in [-0.39, 0.29) is 12.2 Å². The van der Waals surface area contributed by atoms with E-state index in [4.69, 9.17) is 5.11 Å². The van der Waals surface area contributed by atoms with Crippen molar-refractivity contribution >= 4 is 32.8 Å². The zero-order valence-corrected chi connectivity index (χ0v) is 13.2. The molecule has 5 heteroatoms. The number of nitrogens with one attached hydrogen (secondary N) is 1. The molecule has 0 aliphatic heterocycles. The fourth-order valence-electron chi connectivity index (χ4n) is 2.59. The molecule has 0 fully saturated rings. The lowest BCUT2D eigenvalue weighted by molar-refractivity contribution is -0.136. The van der Waals surface area contributed by atoms with Gasteiger partial charge in [0.15, 0.2) is 0 Å². The number of halogens is 2. The Morgan fingerprint density at radius 1 is 1.18 bits per heavy atom. The molecule has 0 unspecified atom stereocenters. The average molecular weight is 362 g/mol. The molecular weight excluding hydrogens is 349 g/mol. The van der Waals surface area contributed by atoms with Gasteiger partial charge in [-0.05, 0) is 63.8 Å². The first kappa shape index (κ1) is 14.8. The first-order valence-electron chi connectivity index (χ1n) is 6.83. The number of carboxylic acids is 1. The van der Waals surface area contributed by atoms with Gasteiger partial charge < -0.3 is 10.1 Å². The van der Waals surface area contributed by atoms with E-state index in [9.17, 15) is 9.18 Å². The van der Waals surface area contributed by atoms with Gasteiger partial charge in [0.2, 0.25) is 0 Å². The maximum atomic E-state index is 13.1. The number of benzene rings is 2. The van der Waals surface area contributed by atoms with Gasteiger partial charge in [-0.2, -0.15) is 0 Å². The summed E-state index contributed by atoms with van der Waals surface area (Å²) in [4.78, 5) is 14.3. The number of aryl methyl sites for hydroxylation is 1. The molecule has 0 atom stereocenters. The zero-order chi connectivity index (χ0) is 15.7. The molecule has 0 spiro atoms. The van der Waals surface area contributed by atoms with Crippen molar-refractivity contribution in [3.8, 4) is 11.3 Å². The fraction of sp³-hybridized carbons (Fsp3) is 0.118. The second-order valence-electron chi connectivity index (χ2n) is 5.04. The third-order valence-corrected chi connectivity index (χ3v) is 4.27. The first-order valence-corrected chi connectivity index (χ1v) is 7.62. The zero-order valence-electron chi connectivity index (χ0n) is 11.6. The van der Waals surface area contributed by atoms with E-state index in [0.29, 0.717) is 6.42 Å². The number of aliphatic carboxylic acids is 1. The molecule has 3 nitrogen and oxygen atoms in total. The topological polar surface area (TPSA) is 53.1 Å². The van der Waals surface area contributed by atoms with E-state index in [1.807, 2.05) is 18.2 Å².